The summed E-state index contributed by atoms with van der Waals surface area (Å²) < 4.78 is 0. The molecule has 0 aromatic rings. The average molecular weight is 267 g/mol. The summed E-state index contributed by atoms with van der Waals surface area (Å²) in [5.74, 6) is 0.746. The smallest absolute Gasteiger partial charge is 0.317 e. The first-order chi connectivity index (χ1) is 8.97. The van der Waals surface area contributed by atoms with Crippen LogP contribution in [-0.4, -0.2) is 43.2 Å². The topological polar surface area (TPSA) is 44.4 Å². The van der Waals surface area contributed by atoms with Gasteiger partial charge in [0.25, 0.3) is 0 Å². The summed E-state index contributed by atoms with van der Waals surface area (Å²) in [5, 5.41) is 6.51. The zero-order valence-electron chi connectivity index (χ0n) is 12.7. The van der Waals surface area contributed by atoms with E-state index in [-0.39, 0.29) is 6.03 Å². The molecule has 2 saturated heterocycles. The number of likely N-dealkylation sites (tertiary alicyclic amines) is 1. The van der Waals surface area contributed by atoms with Gasteiger partial charge in [0.15, 0.2) is 0 Å². The number of carbonyl (C=O) groups excluding carboxylic acids is 1. The number of hydrogen-bond acceptors (Lipinski definition) is 2. The molecule has 2 aliphatic heterocycles. The molecule has 0 atom stereocenters. The highest BCUT2D eigenvalue weighted by atomic mass is 16.2. The number of carbonyl (C=O) groups is 1. The Balaban J connectivity index is 1.76. The van der Waals surface area contributed by atoms with Gasteiger partial charge >= 0.3 is 6.03 Å². The number of nitrogens with zero attached hydrogens (tertiary/aromatic N) is 1. The molecule has 2 N–H and O–H groups in total. The fourth-order valence-corrected chi connectivity index (χ4v) is 3.18. The minimum atomic E-state index is 0.152. The highest BCUT2D eigenvalue weighted by Crippen LogP contribution is 2.34. The van der Waals surface area contributed by atoms with Crippen molar-refractivity contribution >= 4 is 6.03 Å². The normalized spacial score (nSPS) is 23.4. The van der Waals surface area contributed by atoms with Crippen LogP contribution >= 0.6 is 0 Å². The molecule has 0 bridgehead atoms. The zero-order valence-corrected chi connectivity index (χ0v) is 12.7. The molecule has 2 fully saturated rings. The van der Waals surface area contributed by atoms with Crippen LogP contribution in [0.15, 0.2) is 0 Å². The molecule has 2 rings (SSSR count). The van der Waals surface area contributed by atoms with Gasteiger partial charge in [0.2, 0.25) is 0 Å². The fourth-order valence-electron chi connectivity index (χ4n) is 3.18. The highest BCUT2D eigenvalue weighted by Gasteiger charge is 2.30. The van der Waals surface area contributed by atoms with Crippen molar-refractivity contribution in [2.45, 2.75) is 52.5 Å². The summed E-state index contributed by atoms with van der Waals surface area (Å²) in [6.07, 6.45) is 4.40. The van der Waals surface area contributed by atoms with E-state index in [1.165, 1.54) is 0 Å². The molecule has 4 heteroatoms. The molecule has 0 spiro atoms. The second-order valence-corrected chi connectivity index (χ2v) is 7.10. The van der Waals surface area contributed by atoms with E-state index in [0.717, 1.165) is 57.8 Å². The minimum absolute atomic E-state index is 0.152. The van der Waals surface area contributed by atoms with Crippen LogP contribution < -0.4 is 10.6 Å². The Kier molecular flexibility index (Phi) is 4.71. The second kappa shape index (κ2) is 6.12. The van der Waals surface area contributed by atoms with Gasteiger partial charge in [-0.25, -0.2) is 4.79 Å². The third-order valence-corrected chi connectivity index (χ3v) is 4.67. The Labute approximate surface area is 117 Å². The maximum absolute atomic E-state index is 12.2. The maximum Gasteiger partial charge on any atom is 0.317 e. The summed E-state index contributed by atoms with van der Waals surface area (Å²) in [6.45, 7) is 10.8. The van der Waals surface area contributed by atoms with Crippen LogP contribution in [0.3, 0.4) is 0 Å². The number of rotatable bonds is 1. The van der Waals surface area contributed by atoms with E-state index in [4.69, 9.17) is 0 Å². The molecule has 2 heterocycles. The van der Waals surface area contributed by atoms with Crippen molar-refractivity contribution in [2.24, 2.45) is 11.3 Å². The number of urea groups is 1. The summed E-state index contributed by atoms with van der Waals surface area (Å²) in [7, 11) is 0. The molecule has 0 saturated carbocycles. The Morgan fingerprint density at radius 2 is 1.68 bits per heavy atom. The van der Waals surface area contributed by atoms with Crippen molar-refractivity contribution in [3.05, 3.63) is 0 Å². The quantitative estimate of drug-likeness (QED) is 0.765. The molecule has 19 heavy (non-hydrogen) atoms. The molecule has 0 aliphatic carbocycles. The van der Waals surface area contributed by atoms with Crippen LogP contribution in [0.2, 0.25) is 0 Å². The van der Waals surface area contributed by atoms with E-state index < -0.39 is 0 Å². The summed E-state index contributed by atoms with van der Waals surface area (Å²) in [5.41, 5.74) is 0.373. The predicted octanol–water partition coefficient (Wildman–Crippen LogP) is 2.21. The van der Waals surface area contributed by atoms with Crippen molar-refractivity contribution in [3.63, 3.8) is 0 Å². The molecule has 0 aromatic heterocycles. The number of piperidine rings is 2. The SMILES string of the molecule is CC(C)(C)C1CCN(C(=O)NC2CCNCC2)CC1. The maximum atomic E-state index is 12.2. The summed E-state index contributed by atoms with van der Waals surface area (Å²) in [4.78, 5) is 14.2. The Bertz CT molecular complexity index is 297. The molecule has 2 amide bonds. The summed E-state index contributed by atoms with van der Waals surface area (Å²) in [6, 6.07) is 0.522. The molecule has 0 unspecified atom stereocenters. The molecule has 0 radical (unpaired) electrons. The first kappa shape index (κ1) is 14.6. The zero-order chi connectivity index (χ0) is 13.9. The van der Waals surface area contributed by atoms with Gasteiger partial charge < -0.3 is 15.5 Å². The molecular weight excluding hydrogens is 238 g/mol. The van der Waals surface area contributed by atoms with E-state index in [1.54, 1.807) is 0 Å². The van der Waals surface area contributed by atoms with Gasteiger partial charge in [-0.15, -0.1) is 0 Å². The molecular formula is C15H29N3O. The second-order valence-electron chi connectivity index (χ2n) is 7.10. The van der Waals surface area contributed by atoms with E-state index in [2.05, 4.69) is 31.4 Å². The van der Waals surface area contributed by atoms with Gasteiger partial charge in [0.05, 0.1) is 0 Å². The van der Waals surface area contributed by atoms with E-state index >= 15 is 0 Å². The average Bonchev–Trinajstić information content (AvgIpc) is 2.39. The van der Waals surface area contributed by atoms with Crippen LogP contribution in [0, 0.1) is 11.3 Å². The van der Waals surface area contributed by atoms with Crippen molar-refractivity contribution in [3.8, 4) is 0 Å². The highest BCUT2D eigenvalue weighted by molar-refractivity contribution is 5.74. The first-order valence-electron chi connectivity index (χ1n) is 7.73. The van der Waals surface area contributed by atoms with E-state index in [9.17, 15) is 4.79 Å². The van der Waals surface area contributed by atoms with Crippen LogP contribution in [-0.2, 0) is 0 Å². The standard InChI is InChI=1S/C15H29N3O/c1-15(2,3)12-6-10-18(11-7-12)14(19)17-13-4-8-16-9-5-13/h12-13,16H,4-11H2,1-3H3,(H,17,19). The van der Waals surface area contributed by atoms with Gasteiger partial charge in [0.1, 0.15) is 0 Å². The minimum Gasteiger partial charge on any atom is -0.335 e. The lowest BCUT2D eigenvalue weighted by molar-refractivity contribution is 0.119. The van der Waals surface area contributed by atoms with Gasteiger partial charge in [-0.2, -0.15) is 0 Å². The lowest BCUT2D eigenvalue weighted by Gasteiger charge is -2.39. The largest absolute Gasteiger partial charge is 0.335 e. The first-order valence-corrected chi connectivity index (χ1v) is 7.73. The van der Waals surface area contributed by atoms with E-state index in [0.29, 0.717) is 11.5 Å². The van der Waals surface area contributed by atoms with Gasteiger partial charge in [-0.1, -0.05) is 20.8 Å². The molecule has 0 aromatic carbocycles. The monoisotopic (exact) mass is 267 g/mol. The fraction of sp³-hybridized carbons (Fsp3) is 0.933. The lowest BCUT2D eigenvalue weighted by atomic mass is 9.75. The molecule has 110 valence electrons. The summed E-state index contributed by atoms with van der Waals surface area (Å²) >= 11 is 0. The van der Waals surface area contributed by atoms with Crippen LogP contribution in [0.4, 0.5) is 4.79 Å². The van der Waals surface area contributed by atoms with Gasteiger partial charge in [-0.3, -0.25) is 0 Å². The lowest BCUT2D eigenvalue weighted by Crippen LogP contribution is -2.51. The number of amides is 2. The van der Waals surface area contributed by atoms with E-state index in [1.807, 2.05) is 4.90 Å². The van der Waals surface area contributed by atoms with Crippen molar-refractivity contribution in [1.82, 2.24) is 15.5 Å². The molecule has 4 nitrogen and oxygen atoms in total. The molecule has 2 aliphatic rings. The Morgan fingerprint density at radius 1 is 1.11 bits per heavy atom. The third kappa shape index (κ3) is 4.10. The van der Waals surface area contributed by atoms with Crippen LogP contribution in [0.25, 0.3) is 0 Å². The van der Waals surface area contributed by atoms with Crippen molar-refractivity contribution < 1.29 is 4.79 Å². The number of nitrogens with one attached hydrogen (secondary N) is 2. The Morgan fingerprint density at radius 3 is 2.21 bits per heavy atom. The number of hydrogen-bond donors (Lipinski definition) is 2. The van der Waals surface area contributed by atoms with Crippen LogP contribution in [0.1, 0.15) is 46.5 Å². The Hall–Kier alpha value is -0.770. The van der Waals surface area contributed by atoms with Gasteiger partial charge in [0, 0.05) is 19.1 Å². The van der Waals surface area contributed by atoms with Crippen LogP contribution in [0.5, 0.6) is 0 Å². The van der Waals surface area contributed by atoms with Crippen molar-refractivity contribution in [1.29, 1.82) is 0 Å². The third-order valence-electron chi connectivity index (χ3n) is 4.67. The van der Waals surface area contributed by atoms with Gasteiger partial charge in [-0.05, 0) is 50.1 Å². The van der Waals surface area contributed by atoms with Crippen molar-refractivity contribution in [2.75, 3.05) is 26.2 Å². The predicted molar refractivity (Wildman–Crippen MR) is 78.2 cm³/mol.